The zero-order valence-corrected chi connectivity index (χ0v) is 22.5. The zero-order valence-electron chi connectivity index (χ0n) is 22.5. The number of piperidine rings is 1. The van der Waals surface area contributed by atoms with Gasteiger partial charge >= 0.3 is 0 Å². The monoisotopic (exact) mass is 531 g/mol. The van der Waals surface area contributed by atoms with Crippen molar-refractivity contribution in [3.8, 4) is 0 Å². The Morgan fingerprint density at radius 3 is 2.63 bits per heavy atom. The topological polar surface area (TPSA) is 94.5 Å². The number of nitrogens with one attached hydrogen (secondary N) is 2. The number of amides is 1. The number of rotatable bonds is 9. The molecule has 1 amide bonds. The second kappa shape index (κ2) is 11.5. The van der Waals surface area contributed by atoms with E-state index in [1.54, 1.807) is 0 Å². The summed E-state index contributed by atoms with van der Waals surface area (Å²) in [5.74, 6) is 0.459. The van der Waals surface area contributed by atoms with Crippen molar-refractivity contribution in [1.82, 2.24) is 34.4 Å². The van der Waals surface area contributed by atoms with Gasteiger partial charge in [-0.25, -0.2) is 13.8 Å². The minimum absolute atomic E-state index is 0.107. The van der Waals surface area contributed by atoms with Crippen molar-refractivity contribution in [3.63, 3.8) is 0 Å². The summed E-state index contributed by atoms with van der Waals surface area (Å²) in [6.07, 6.45) is 6.68. The van der Waals surface area contributed by atoms with Crippen LogP contribution in [0.2, 0.25) is 0 Å². The molecule has 5 heterocycles. The lowest BCUT2D eigenvalue weighted by Crippen LogP contribution is -2.40. The molecule has 3 saturated heterocycles. The Balaban J connectivity index is 1.21. The van der Waals surface area contributed by atoms with Gasteiger partial charge in [0.2, 0.25) is 11.9 Å². The number of likely N-dealkylation sites (N-methyl/N-ethyl adjacent to an activating group) is 1. The first-order chi connectivity index (χ1) is 18.3. The molecule has 5 rings (SSSR count). The SMILES string of the molecule is Cc1nn(C2CC3CCC(C2)N3C)cc1Nc1ncc(C(F)F)c(NCCCN2CCCN(C)CC2=O)n1. The molecular formula is C26H39F2N9O. The second-order valence-corrected chi connectivity index (χ2v) is 11.0. The van der Waals surface area contributed by atoms with Crippen LogP contribution in [0.1, 0.15) is 62.2 Å². The van der Waals surface area contributed by atoms with Crippen LogP contribution in [0.25, 0.3) is 0 Å². The quantitative estimate of drug-likeness (QED) is 0.476. The van der Waals surface area contributed by atoms with E-state index in [-0.39, 0.29) is 23.2 Å². The molecule has 0 aliphatic carbocycles. The third kappa shape index (κ3) is 5.90. The lowest BCUT2D eigenvalue weighted by atomic mass is 9.98. The summed E-state index contributed by atoms with van der Waals surface area (Å²) in [5, 5.41) is 11.0. The van der Waals surface area contributed by atoms with Crippen molar-refractivity contribution >= 4 is 23.4 Å². The number of alkyl halides is 2. The van der Waals surface area contributed by atoms with Crippen molar-refractivity contribution in [1.29, 1.82) is 0 Å². The molecule has 2 bridgehead atoms. The number of aromatic nitrogens is 4. The molecule has 0 aromatic carbocycles. The van der Waals surface area contributed by atoms with Gasteiger partial charge < -0.3 is 20.4 Å². The van der Waals surface area contributed by atoms with Crippen LogP contribution in [-0.2, 0) is 4.79 Å². The highest BCUT2D eigenvalue weighted by atomic mass is 19.3. The molecule has 0 radical (unpaired) electrons. The summed E-state index contributed by atoms with van der Waals surface area (Å²) in [6, 6.07) is 1.57. The highest BCUT2D eigenvalue weighted by molar-refractivity contribution is 5.78. The number of aryl methyl sites for hydroxylation is 1. The predicted octanol–water partition coefficient (Wildman–Crippen LogP) is 3.43. The van der Waals surface area contributed by atoms with E-state index in [4.69, 9.17) is 5.10 Å². The summed E-state index contributed by atoms with van der Waals surface area (Å²) >= 11 is 0. The van der Waals surface area contributed by atoms with Gasteiger partial charge in [-0.1, -0.05) is 0 Å². The average Bonchev–Trinajstić information content (AvgIpc) is 3.24. The molecule has 2 aromatic heterocycles. The highest BCUT2D eigenvalue weighted by Gasteiger charge is 2.39. The molecule has 2 atom stereocenters. The third-order valence-electron chi connectivity index (χ3n) is 8.29. The van der Waals surface area contributed by atoms with Crippen molar-refractivity contribution in [2.24, 2.45) is 0 Å². The van der Waals surface area contributed by atoms with Crippen LogP contribution in [0, 0.1) is 6.92 Å². The first kappa shape index (κ1) is 26.7. The molecule has 10 nitrogen and oxygen atoms in total. The van der Waals surface area contributed by atoms with E-state index in [0.717, 1.165) is 43.7 Å². The number of anilines is 3. The van der Waals surface area contributed by atoms with Gasteiger partial charge in [-0.05, 0) is 59.5 Å². The van der Waals surface area contributed by atoms with Gasteiger partial charge in [-0.15, -0.1) is 0 Å². The normalized spacial score (nSPS) is 24.7. The predicted molar refractivity (Wildman–Crippen MR) is 142 cm³/mol. The average molecular weight is 532 g/mol. The fourth-order valence-electron chi connectivity index (χ4n) is 6.04. The van der Waals surface area contributed by atoms with Crippen LogP contribution in [0.3, 0.4) is 0 Å². The standard InChI is InChI=1S/C26H39F2N9O/c1-17-22(15-37(33-17)20-12-18-6-7-19(13-20)35(18)3)31-26-30-14-21(24(27)28)25(32-26)29-8-4-10-36-11-5-9-34(2)16-23(36)38/h14-15,18-20,24H,4-13,16H2,1-3H3,(H2,29,30,31,32). The third-order valence-corrected chi connectivity index (χ3v) is 8.29. The Bertz CT molecular complexity index is 1110. The van der Waals surface area contributed by atoms with Crippen LogP contribution in [0.15, 0.2) is 12.4 Å². The molecule has 3 aliphatic heterocycles. The lowest BCUT2D eigenvalue weighted by Gasteiger charge is -2.36. The number of nitrogens with zero attached hydrogens (tertiary/aromatic N) is 7. The summed E-state index contributed by atoms with van der Waals surface area (Å²) in [5.41, 5.74) is 1.36. The molecule has 0 spiro atoms. The van der Waals surface area contributed by atoms with Gasteiger partial charge in [0.15, 0.2) is 0 Å². The second-order valence-electron chi connectivity index (χ2n) is 11.0. The van der Waals surface area contributed by atoms with Gasteiger partial charge in [0.1, 0.15) is 5.82 Å². The van der Waals surface area contributed by atoms with Crippen molar-refractivity contribution in [3.05, 3.63) is 23.7 Å². The maximum absolute atomic E-state index is 13.7. The number of carbonyl (C=O) groups is 1. The van der Waals surface area contributed by atoms with Crippen molar-refractivity contribution in [2.45, 2.75) is 70.0 Å². The fraction of sp³-hybridized carbons (Fsp3) is 0.692. The van der Waals surface area contributed by atoms with E-state index in [9.17, 15) is 13.6 Å². The van der Waals surface area contributed by atoms with Crippen molar-refractivity contribution in [2.75, 3.05) is 57.5 Å². The summed E-state index contributed by atoms with van der Waals surface area (Å²) in [4.78, 5) is 27.3. The van der Waals surface area contributed by atoms with Gasteiger partial charge in [0, 0.05) is 50.7 Å². The Labute approximate surface area is 222 Å². The van der Waals surface area contributed by atoms with Gasteiger partial charge in [0.25, 0.3) is 6.43 Å². The van der Waals surface area contributed by atoms with E-state index in [2.05, 4.69) is 32.5 Å². The summed E-state index contributed by atoms with van der Waals surface area (Å²) in [6.45, 7) is 4.96. The van der Waals surface area contributed by atoms with Crippen LogP contribution in [-0.4, -0.2) is 99.3 Å². The number of hydrogen-bond acceptors (Lipinski definition) is 8. The van der Waals surface area contributed by atoms with E-state index >= 15 is 0 Å². The van der Waals surface area contributed by atoms with Crippen LogP contribution in [0.5, 0.6) is 0 Å². The molecule has 0 saturated carbocycles. The van der Waals surface area contributed by atoms with Crippen molar-refractivity contribution < 1.29 is 13.6 Å². The first-order valence-electron chi connectivity index (χ1n) is 13.7. The highest BCUT2D eigenvalue weighted by Crippen LogP contribution is 2.40. The molecule has 2 unspecified atom stereocenters. The fourth-order valence-corrected chi connectivity index (χ4v) is 6.04. The molecule has 2 N–H and O–H groups in total. The van der Waals surface area contributed by atoms with Gasteiger partial charge in [-0.2, -0.15) is 10.1 Å². The van der Waals surface area contributed by atoms with E-state index in [1.807, 2.05) is 34.6 Å². The zero-order chi connectivity index (χ0) is 26.8. The Hall–Kier alpha value is -2.86. The number of hydrogen-bond donors (Lipinski definition) is 2. The molecule has 38 heavy (non-hydrogen) atoms. The largest absolute Gasteiger partial charge is 0.369 e. The molecule has 3 fully saturated rings. The Kier molecular flexibility index (Phi) is 8.08. The van der Waals surface area contributed by atoms with E-state index < -0.39 is 6.43 Å². The lowest BCUT2D eigenvalue weighted by molar-refractivity contribution is -0.130. The number of halogens is 2. The number of fused-ring (bicyclic) bond motifs is 2. The van der Waals surface area contributed by atoms with Gasteiger partial charge in [-0.3, -0.25) is 14.4 Å². The van der Waals surface area contributed by atoms with Gasteiger partial charge in [0.05, 0.1) is 29.5 Å². The minimum atomic E-state index is -2.70. The maximum Gasteiger partial charge on any atom is 0.268 e. The molecule has 2 aromatic rings. The molecular weight excluding hydrogens is 492 g/mol. The molecule has 12 heteroatoms. The summed E-state index contributed by atoms with van der Waals surface area (Å²) < 4.78 is 29.4. The van der Waals surface area contributed by atoms with Crippen LogP contribution < -0.4 is 10.6 Å². The summed E-state index contributed by atoms with van der Waals surface area (Å²) in [7, 11) is 4.17. The number of carbonyl (C=O) groups excluding carboxylic acids is 1. The Morgan fingerprint density at radius 1 is 1.13 bits per heavy atom. The maximum atomic E-state index is 13.7. The smallest absolute Gasteiger partial charge is 0.268 e. The molecule has 208 valence electrons. The van der Waals surface area contributed by atoms with Crippen LogP contribution >= 0.6 is 0 Å². The van der Waals surface area contributed by atoms with E-state index in [0.29, 0.717) is 44.2 Å². The minimum Gasteiger partial charge on any atom is -0.369 e. The van der Waals surface area contributed by atoms with Crippen LogP contribution in [0.4, 0.5) is 26.2 Å². The Morgan fingerprint density at radius 2 is 1.89 bits per heavy atom. The molecule has 3 aliphatic rings. The first-order valence-corrected chi connectivity index (χ1v) is 13.7. The van der Waals surface area contributed by atoms with E-state index in [1.165, 1.54) is 19.0 Å².